The van der Waals surface area contributed by atoms with E-state index < -0.39 is 0 Å². The van der Waals surface area contributed by atoms with Gasteiger partial charge in [-0.2, -0.15) is 0 Å². The summed E-state index contributed by atoms with van der Waals surface area (Å²) < 4.78 is 0. The molecule has 0 aliphatic heterocycles. The molecule has 0 aromatic rings. The van der Waals surface area contributed by atoms with Crippen LogP contribution in [0.15, 0.2) is 0 Å². The summed E-state index contributed by atoms with van der Waals surface area (Å²) in [5, 5.41) is 0. The number of hydrogen-bond acceptors (Lipinski definition) is 0. The van der Waals surface area contributed by atoms with Crippen molar-refractivity contribution in [3.05, 3.63) is 0 Å². The van der Waals surface area contributed by atoms with Gasteiger partial charge in [0.15, 0.2) is 0 Å². The van der Waals surface area contributed by atoms with Crippen molar-refractivity contribution in [2.45, 2.75) is 0 Å². The third-order valence-electron chi connectivity index (χ3n) is 0. The van der Waals surface area contributed by atoms with Crippen LogP contribution in [-0.2, 0) is 56.4 Å². The average Bonchev–Trinajstić information content (AvgIpc) is 0. The van der Waals surface area contributed by atoms with E-state index in [9.17, 15) is 0 Å². The largest absolute Gasteiger partial charge is 0.412 e. The normalized spacial score (nSPS) is 0. The third-order valence-corrected chi connectivity index (χ3v) is 0. The smallest absolute Gasteiger partial charge is 0 e. The summed E-state index contributed by atoms with van der Waals surface area (Å²) >= 11 is 0. The Balaban J connectivity index is 0. The van der Waals surface area contributed by atoms with Crippen molar-refractivity contribution in [1.82, 2.24) is 0 Å². The molecule has 0 saturated carbocycles. The zero-order valence-corrected chi connectivity index (χ0v) is 7.06. The van der Waals surface area contributed by atoms with Gasteiger partial charge in [0.1, 0.15) is 0 Å². The number of hydrogen-bond donors (Lipinski definition) is 0. The Morgan fingerprint density at radius 1 is 1.00 bits per heavy atom. The fourth-order valence-electron chi connectivity index (χ4n) is 0. The second kappa shape index (κ2) is 21.9. The Bertz CT molecular complexity index is 8.00. The molecular formula is H2CoOVW. The predicted molar refractivity (Wildman–Crippen MR) is 3.61 cm³/mol. The molecule has 0 bridgehead atoms. The molecule has 0 aliphatic carbocycles. The Hall–Kier alpha value is 1.74. The van der Waals surface area contributed by atoms with E-state index >= 15 is 0 Å². The Kier molecular flexibility index (Phi) is 233. The fourth-order valence-corrected chi connectivity index (χ4v) is 0. The molecule has 0 aromatic carbocycles. The van der Waals surface area contributed by atoms with Gasteiger partial charge in [-0.1, -0.05) is 0 Å². The van der Waals surface area contributed by atoms with Crippen molar-refractivity contribution in [1.29, 1.82) is 0 Å². The minimum absolute atomic E-state index is 0. The van der Waals surface area contributed by atoms with Crippen molar-refractivity contribution < 1.29 is 61.9 Å². The van der Waals surface area contributed by atoms with Crippen LogP contribution in [0.4, 0.5) is 0 Å². The van der Waals surface area contributed by atoms with Gasteiger partial charge < -0.3 is 5.48 Å². The van der Waals surface area contributed by atoms with Crippen LogP contribution < -0.4 is 0 Å². The van der Waals surface area contributed by atoms with Gasteiger partial charge >= 0.3 is 0 Å². The second-order valence-electron chi connectivity index (χ2n) is 0. The Morgan fingerprint density at radius 2 is 1.00 bits per heavy atom. The quantitative estimate of drug-likeness (QED) is 0.559. The first-order valence-electron chi connectivity index (χ1n) is 0. The van der Waals surface area contributed by atoms with Gasteiger partial charge in [0.25, 0.3) is 0 Å². The first-order chi connectivity index (χ1) is 0. The van der Waals surface area contributed by atoms with Gasteiger partial charge in [-0.15, -0.1) is 0 Å². The van der Waals surface area contributed by atoms with Crippen LogP contribution in [0.2, 0.25) is 0 Å². The van der Waals surface area contributed by atoms with E-state index in [-0.39, 0.29) is 61.9 Å². The van der Waals surface area contributed by atoms with E-state index in [1.807, 2.05) is 0 Å². The zero-order chi connectivity index (χ0) is 0. The van der Waals surface area contributed by atoms with Crippen molar-refractivity contribution in [2.24, 2.45) is 0 Å². The molecule has 0 amide bonds. The van der Waals surface area contributed by atoms with Crippen LogP contribution in [0, 0.1) is 0 Å². The SMILES string of the molecule is O.[Co].[V].[W]. The van der Waals surface area contributed by atoms with Crippen LogP contribution in [0.25, 0.3) is 0 Å². The van der Waals surface area contributed by atoms with Gasteiger partial charge in [-0.05, 0) is 0 Å². The van der Waals surface area contributed by atoms with Gasteiger partial charge in [-0.25, -0.2) is 0 Å². The van der Waals surface area contributed by atoms with E-state index in [0.717, 1.165) is 0 Å². The van der Waals surface area contributed by atoms with Crippen LogP contribution in [0.3, 0.4) is 0 Å². The van der Waals surface area contributed by atoms with Gasteiger partial charge in [0, 0.05) is 56.4 Å². The molecular weight excluding hydrogens is 310 g/mol. The Morgan fingerprint density at radius 3 is 1.00 bits per heavy atom. The molecule has 4 heavy (non-hydrogen) atoms. The summed E-state index contributed by atoms with van der Waals surface area (Å²) in [4.78, 5) is 0. The monoisotopic (exact) mass is 312 g/mol. The van der Waals surface area contributed by atoms with Crippen molar-refractivity contribution >= 4 is 0 Å². The predicted octanol–water partition coefficient (Wildman–Crippen LogP) is -0.832. The van der Waals surface area contributed by atoms with E-state index in [1.54, 1.807) is 0 Å². The minimum Gasteiger partial charge on any atom is -0.412 e. The summed E-state index contributed by atoms with van der Waals surface area (Å²) in [6, 6.07) is 0. The molecule has 0 unspecified atom stereocenters. The summed E-state index contributed by atoms with van der Waals surface area (Å²) in [6.07, 6.45) is 0. The first-order valence-corrected chi connectivity index (χ1v) is 0. The zero-order valence-electron chi connectivity index (χ0n) is 1.69. The maximum absolute atomic E-state index is 0. The van der Waals surface area contributed by atoms with Crippen molar-refractivity contribution in [3.63, 3.8) is 0 Å². The van der Waals surface area contributed by atoms with Crippen LogP contribution >= 0.6 is 0 Å². The summed E-state index contributed by atoms with van der Waals surface area (Å²) in [5.74, 6) is 0. The van der Waals surface area contributed by atoms with E-state index in [4.69, 9.17) is 0 Å². The molecule has 4 heteroatoms. The van der Waals surface area contributed by atoms with Crippen LogP contribution in [0.1, 0.15) is 0 Å². The third kappa shape index (κ3) is 9.28. The van der Waals surface area contributed by atoms with E-state index in [2.05, 4.69) is 0 Å². The molecule has 0 saturated heterocycles. The second-order valence-corrected chi connectivity index (χ2v) is 0. The molecule has 28 valence electrons. The standard InChI is InChI=1S/Co.H2O.V.W/h;1H2;;. The molecule has 2 radical (unpaired) electrons. The van der Waals surface area contributed by atoms with Crippen LogP contribution in [-0.4, -0.2) is 5.48 Å². The summed E-state index contributed by atoms with van der Waals surface area (Å²) in [7, 11) is 0. The maximum Gasteiger partial charge on any atom is 0 e. The summed E-state index contributed by atoms with van der Waals surface area (Å²) in [6.45, 7) is 0. The van der Waals surface area contributed by atoms with E-state index in [0.29, 0.717) is 0 Å². The molecule has 0 atom stereocenters. The number of rotatable bonds is 0. The average molecular weight is 312 g/mol. The van der Waals surface area contributed by atoms with Crippen molar-refractivity contribution in [3.8, 4) is 0 Å². The molecule has 0 aromatic heterocycles. The molecule has 0 aliphatic rings. The minimum atomic E-state index is 0. The Labute approximate surface area is 61.6 Å². The van der Waals surface area contributed by atoms with Gasteiger partial charge in [0.05, 0.1) is 0 Å². The first kappa shape index (κ1) is 42.6. The molecule has 0 heterocycles. The van der Waals surface area contributed by atoms with Crippen LogP contribution in [0.5, 0.6) is 0 Å². The van der Waals surface area contributed by atoms with Gasteiger partial charge in [-0.3, -0.25) is 0 Å². The topological polar surface area (TPSA) is 31.5 Å². The van der Waals surface area contributed by atoms with E-state index in [1.165, 1.54) is 0 Å². The summed E-state index contributed by atoms with van der Waals surface area (Å²) in [5.41, 5.74) is 0. The molecule has 0 fully saturated rings. The molecule has 2 N–H and O–H groups in total. The van der Waals surface area contributed by atoms with Crippen molar-refractivity contribution in [2.75, 3.05) is 0 Å². The van der Waals surface area contributed by atoms with Gasteiger partial charge in [0.2, 0.25) is 0 Å². The fraction of sp³-hybridized carbons (Fsp3) is 0. The maximum atomic E-state index is 0. The molecule has 0 spiro atoms. The molecule has 0 rings (SSSR count). The molecule has 1 nitrogen and oxygen atoms in total.